The number of carbonyl (C=O) groups excluding carboxylic acids is 1. The van der Waals surface area contributed by atoms with Crippen molar-refractivity contribution in [2.45, 2.75) is 23.2 Å². The van der Waals surface area contributed by atoms with Gasteiger partial charge in [-0.05, 0) is 29.8 Å². The molecule has 0 aliphatic carbocycles. The second-order valence-corrected chi connectivity index (χ2v) is 11.3. The number of ether oxygens (including phenoxy) is 4. The van der Waals surface area contributed by atoms with E-state index in [2.05, 4.69) is 21.4 Å². The normalized spacial score (nSPS) is 11.0. The van der Waals surface area contributed by atoms with Crippen molar-refractivity contribution in [2.24, 2.45) is 0 Å². The maximum absolute atomic E-state index is 13.8. The lowest BCUT2D eigenvalue weighted by atomic mass is 10.1. The molecule has 0 radical (unpaired) electrons. The molecule has 5 aromatic rings. The Morgan fingerprint density at radius 3 is 2.38 bits per heavy atom. The largest absolute Gasteiger partial charge is 0.495 e. The third kappa shape index (κ3) is 6.37. The van der Waals surface area contributed by atoms with Crippen molar-refractivity contribution >= 4 is 50.6 Å². The van der Waals surface area contributed by atoms with Gasteiger partial charge in [-0.2, -0.15) is 0 Å². The number of rotatable bonds is 12. The molecule has 13 heteroatoms. The van der Waals surface area contributed by atoms with Crippen molar-refractivity contribution in [3.63, 3.8) is 0 Å². The number of hydrogen-bond donors (Lipinski definition) is 1. The fourth-order valence-corrected chi connectivity index (χ4v) is 6.31. The second kappa shape index (κ2) is 13.0. The molecular formula is C29H30N6O5S2. The van der Waals surface area contributed by atoms with E-state index in [-0.39, 0.29) is 19.0 Å². The van der Waals surface area contributed by atoms with Gasteiger partial charge in [0.2, 0.25) is 11.7 Å². The van der Waals surface area contributed by atoms with Crippen LogP contribution in [0.25, 0.3) is 10.2 Å². The highest BCUT2D eigenvalue weighted by Gasteiger charge is 2.23. The smallest absolute Gasteiger partial charge is 0.249 e. The fraction of sp³-hybridized carbons (Fsp3) is 0.241. The first-order chi connectivity index (χ1) is 20.4. The molecule has 0 aliphatic rings. The molecule has 0 spiro atoms. The van der Waals surface area contributed by atoms with Crippen LogP contribution in [0.1, 0.15) is 11.3 Å². The quantitative estimate of drug-likeness (QED) is 0.153. The van der Waals surface area contributed by atoms with Crippen LogP contribution in [0.4, 0.5) is 11.4 Å². The van der Waals surface area contributed by atoms with Crippen molar-refractivity contribution in [1.29, 1.82) is 0 Å². The zero-order chi connectivity index (χ0) is 29.6. The van der Waals surface area contributed by atoms with Crippen LogP contribution in [-0.4, -0.2) is 54.3 Å². The average Bonchev–Trinajstić information content (AvgIpc) is 3.64. The summed E-state index contributed by atoms with van der Waals surface area (Å²) in [4.78, 5) is 20.1. The Morgan fingerprint density at radius 2 is 1.71 bits per heavy atom. The topological polar surface area (TPSA) is 127 Å². The number of aromatic nitrogens is 4. The summed E-state index contributed by atoms with van der Waals surface area (Å²) in [5, 5.41) is 8.48. The average molecular weight is 607 g/mol. The number of anilines is 2. The number of hydrogen-bond acceptors (Lipinski definition) is 11. The summed E-state index contributed by atoms with van der Waals surface area (Å²) in [5.41, 5.74) is 9.71. The molecule has 0 bridgehead atoms. The van der Waals surface area contributed by atoms with Crippen LogP contribution in [-0.2, 0) is 23.6 Å². The minimum absolute atomic E-state index is 0.0406. The van der Waals surface area contributed by atoms with Crippen LogP contribution in [0.3, 0.4) is 0 Å². The number of fused-ring (bicyclic) bond motifs is 1. The number of methoxy groups -OCH3 is 4. The Kier molecular flexibility index (Phi) is 8.98. The number of carbonyl (C=O) groups is 1. The van der Waals surface area contributed by atoms with Gasteiger partial charge in [-0.1, -0.05) is 35.2 Å². The van der Waals surface area contributed by atoms with Gasteiger partial charge in [0, 0.05) is 24.1 Å². The van der Waals surface area contributed by atoms with Gasteiger partial charge in [-0.25, -0.2) is 9.67 Å². The predicted molar refractivity (Wildman–Crippen MR) is 164 cm³/mol. The summed E-state index contributed by atoms with van der Waals surface area (Å²) in [6, 6.07) is 16.9. The Bertz CT molecular complexity index is 1650. The lowest BCUT2D eigenvalue weighted by molar-refractivity contribution is -0.119. The van der Waals surface area contributed by atoms with E-state index in [9.17, 15) is 4.79 Å². The molecule has 0 atom stereocenters. The van der Waals surface area contributed by atoms with E-state index in [1.165, 1.54) is 26.0 Å². The molecule has 42 heavy (non-hydrogen) atoms. The van der Waals surface area contributed by atoms with Gasteiger partial charge in [-0.15, -0.1) is 16.4 Å². The molecule has 5 rings (SSSR count). The second-order valence-electron chi connectivity index (χ2n) is 9.08. The molecule has 0 fully saturated rings. The van der Waals surface area contributed by atoms with Gasteiger partial charge in [0.25, 0.3) is 0 Å². The van der Waals surface area contributed by atoms with Gasteiger partial charge in [0.1, 0.15) is 12.3 Å². The van der Waals surface area contributed by atoms with E-state index < -0.39 is 0 Å². The van der Waals surface area contributed by atoms with Crippen LogP contribution in [0, 0.1) is 0 Å². The lowest BCUT2D eigenvalue weighted by Gasteiger charge is -2.25. The minimum atomic E-state index is -0.228. The zero-order valence-electron chi connectivity index (χ0n) is 23.6. The van der Waals surface area contributed by atoms with E-state index in [4.69, 9.17) is 24.7 Å². The monoisotopic (exact) mass is 606 g/mol. The molecular weight excluding hydrogens is 576 g/mol. The SMILES string of the molecule is COc1ccc(CN(C(=O)Cn2cc(CSc3nc4ccccc4s3)nn2)c2cc(OC)c(OC)c(OC)c2)cc1N. The number of benzene rings is 3. The van der Waals surface area contributed by atoms with E-state index in [1.54, 1.807) is 65.6 Å². The van der Waals surface area contributed by atoms with Gasteiger partial charge < -0.3 is 29.6 Å². The van der Waals surface area contributed by atoms with E-state index in [1.807, 2.05) is 24.3 Å². The van der Waals surface area contributed by atoms with Crippen molar-refractivity contribution in [3.05, 3.63) is 72.1 Å². The highest BCUT2D eigenvalue weighted by Crippen LogP contribution is 2.41. The Balaban J connectivity index is 1.37. The van der Waals surface area contributed by atoms with Crippen LogP contribution in [0.5, 0.6) is 23.0 Å². The number of thiazole rings is 1. The number of thioether (sulfide) groups is 1. The van der Waals surface area contributed by atoms with Gasteiger partial charge in [0.05, 0.1) is 62.3 Å². The lowest BCUT2D eigenvalue weighted by Crippen LogP contribution is -2.33. The summed E-state index contributed by atoms with van der Waals surface area (Å²) in [6.45, 7) is 0.182. The summed E-state index contributed by atoms with van der Waals surface area (Å²) in [7, 11) is 6.14. The van der Waals surface area contributed by atoms with Crippen LogP contribution >= 0.6 is 23.1 Å². The standard InChI is InChI=1S/C29H30N6O5S2/c1-37-23-10-9-18(11-21(23)30)14-35(20-12-24(38-2)28(40-4)25(13-20)39-3)27(36)16-34-15-19(32-33-34)17-41-29-31-22-7-5-6-8-26(22)42-29/h5-13,15H,14,16-17,30H2,1-4H3. The maximum Gasteiger partial charge on any atom is 0.249 e. The molecule has 0 saturated carbocycles. The van der Waals surface area contributed by atoms with Crippen LogP contribution in [0.15, 0.2) is 65.1 Å². The number of amides is 1. The molecule has 0 aliphatic heterocycles. The van der Waals surface area contributed by atoms with E-state index >= 15 is 0 Å². The van der Waals surface area contributed by atoms with Gasteiger partial charge in [-0.3, -0.25) is 4.79 Å². The number of nitrogen functional groups attached to an aromatic ring is 1. The van der Waals surface area contributed by atoms with Crippen molar-refractivity contribution in [3.8, 4) is 23.0 Å². The first-order valence-electron chi connectivity index (χ1n) is 12.8. The molecule has 2 heterocycles. The molecule has 0 unspecified atom stereocenters. The number of nitrogens with two attached hydrogens (primary N) is 1. The molecule has 2 aromatic heterocycles. The summed E-state index contributed by atoms with van der Waals surface area (Å²) >= 11 is 3.22. The van der Waals surface area contributed by atoms with Gasteiger partial charge >= 0.3 is 0 Å². The van der Waals surface area contributed by atoms with E-state index in [0.717, 1.165) is 25.8 Å². The van der Waals surface area contributed by atoms with Crippen LogP contribution in [0.2, 0.25) is 0 Å². The molecule has 1 amide bonds. The molecule has 3 aromatic carbocycles. The Hall–Kier alpha value is -4.49. The molecule has 218 valence electrons. The van der Waals surface area contributed by atoms with Crippen LogP contribution < -0.4 is 29.6 Å². The minimum Gasteiger partial charge on any atom is -0.495 e. The number of nitrogens with zero attached hydrogens (tertiary/aromatic N) is 5. The first-order valence-corrected chi connectivity index (χ1v) is 14.6. The molecule has 11 nitrogen and oxygen atoms in total. The summed E-state index contributed by atoms with van der Waals surface area (Å²) in [6.07, 6.45) is 1.77. The van der Waals surface area contributed by atoms with Crippen molar-refractivity contribution in [2.75, 3.05) is 39.1 Å². The molecule has 2 N–H and O–H groups in total. The van der Waals surface area contributed by atoms with Gasteiger partial charge in [0.15, 0.2) is 15.8 Å². The highest BCUT2D eigenvalue weighted by molar-refractivity contribution is 8.00. The highest BCUT2D eigenvalue weighted by atomic mass is 32.2. The van der Waals surface area contributed by atoms with E-state index in [0.29, 0.717) is 40.1 Å². The third-order valence-corrected chi connectivity index (χ3v) is 8.61. The summed E-state index contributed by atoms with van der Waals surface area (Å²) < 4.78 is 25.5. The summed E-state index contributed by atoms with van der Waals surface area (Å²) in [5.74, 6) is 2.19. The Morgan fingerprint density at radius 1 is 0.976 bits per heavy atom. The first kappa shape index (κ1) is 29.0. The fourth-order valence-electron chi connectivity index (χ4n) is 4.37. The van der Waals surface area contributed by atoms with Crippen molar-refractivity contribution < 1.29 is 23.7 Å². The number of para-hydroxylation sites is 1. The Labute approximate surface area is 251 Å². The zero-order valence-corrected chi connectivity index (χ0v) is 25.2. The van der Waals surface area contributed by atoms with Crippen molar-refractivity contribution in [1.82, 2.24) is 20.0 Å². The third-order valence-electron chi connectivity index (χ3n) is 6.40. The maximum atomic E-state index is 13.8. The predicted octanol–water partition coefficient (Wildman–Crippen LogP) is 5.03. The molecule has 0 saturated heterocycles.